The van der Waals surface area contributed by atoms with Crippen LogP contribution in [0.2, 0.25) is 0 Å². The Morgan fingerprint density at radius 1 is 1.19 bits per heavy atom. The molecule has 2 aromatic heterocycles. The molecule has 10 heteroatoms. The average Bonchev–Trinajstić information content (AvgIpc) is 3.08. The van der Waals surface area contributed by atoms with E-state index in [1.54, 1.807) is 13.3 Å². The Morgan fingerprint density at radius 2 is 1.97 bits per heavy atom. The minimum absolute atomic E-state index is 0.202. The Hall–Kier alpha value is -2.59. The Morgan fingerprint density at radius 3 is 2.68 bits per heavy atom. The van der Waals surface area contributed by atoms with Crippen molar-refractivity contribution in [3.8, 4) is 0 Å². The zero-order valence-corrected chi connectivity index (χ0v) is 18.4. The van der Waals surface area contributed by atoms with Gasteiger partial charge in [0.2, 0.25) is 0 Å². The van der Waals surface area contributed by atoms with Crippen LogP contribution in [0.1, 0.15) is 30.7 Å². The van der Waals surface area contributed by atoms with Crippen LogP contribution in [0.4, 0.5) is 14.6 Å². The lowest BCUT2D eigenvalue weighted by Gasteiger charge is -2.11. The molecule has 31 heavy (non-hydrogen) atoms. The van der Waals surface area contributed by atoms with Gasteiger partial charge in [0.25, 0.3) is 0 Å². The van der Waals surface area contributed by atoms with E-state index >= 15 is 0 Å². The summed E-state index contributed by atoms with van der Waals surface area (Å²) in [7, 11) is -2.19. The summed E-state index contributed by atoms with van der Waals surface area (Å²) in [6.45, 7) is 3.08. The molecule has 1 aromatic carbocycles. The van der Waals surface area contributed by atoms with Gasteiger partial charge in [-0.05, 0) is 37.5 Å². The summed E-state index contributed by atoms with van der Waals surface area (Å²) in [4.78, 5) is 8.34. The Bertz CT molecular complexity index is 1180. The van der Waals surface area contributed by atoms with Gasteiger partial charge in [0.05, 0.1) is 17.9 Å². The lowest BCUT2D eigenvalue weighted by molar-refractivity contribution is 0.199. The number of aryl methyl sites for hydroxylation is 2. The fourth-order valence-corrected chi connectivity index (χ4v) is 5.00. The summed E-state index contributed by atoms with van der Waals surface area (Å²) in [6.07, 6.45) is 4.00. The number of sulfone groups is 1. The van der Waals surface area contributed by atoms with Crippen molar-refractivity contribution in [1.82, 2.24) is 14.5 Å². The number of unbranched alkanes of at least 4 members (excludes halogenated alkanes) is 2. The Balaban J connectivity index is 1.67. The minimum atomic E-state index is -3.81. The number of ether oxygens (including phenoxy) is 1. The number of anilines is 1. The van der Waals surface area contributed by atoms with Crippen molar-refractivity contribution in [2.75, 3.05) is 25.2 Å². The van der Waals surface area contributed by atoms with Gasteiger partial charge in [0, 0.05) is 32.3 Å². The first-order chi connectivity index (χ1) is 14.7. The van der Waals surface area contributed by atoms with Crippen LogP contribution in [-0.4, -0.2) is 42.4 Å². The molecule has 7 nitrogen and oxygen atoms in total. The lowest BCUT2D eigenvalue weighted by Crippen LogP contribution is -2.10. The largest absolute Gasteiger partial charge is 0.384 e. The second-order valence-corrected chi connectivity index (χ2v) is 9.48. The SMILES string of the molecule is COCCc1nc2c(N)ncc(C)c2n1CCCCCS(=O)(=O)c1ccc(F)cc1F. The fraction of sp³-hybridized carbons (Fsp3) is 0.429. The van der Waals surface area contributed by atoms with Gasteiger partial charge >= 0.3 is 0 Å². The molecule has 168 valence electrons. The van der Waals surface area contributed by atoms with E-state index in [0.29, 0.717) is 56.2 Å². The molecule has 2 heterocycles. The second-order valence-electron chi connectivity index (χ2n) is 7.40. The number of hydrogen-bond acceptors (Lipinski definition) is 6. The van der Waals surface area contributed by atoms with E-state index in [1.807, 2.05) is 6.92 Å². The van der Waals surface area contributed by atoms with Crippen LogP contribution < -0.4 is 5.73 Å². The number of nitrogen functional groups attached to an aromatic ring is 1. The third-order valence-electron chi connectivity index (χ3n) is 5.11. The molecule has 2 N–H and O–H groups in total. The van der Waals surface area contributed by atoms with Crippen LogP contribution in [-0.2, 0) is 27.5 Å². The first kappa shape index (κ1) is 23.1. The van der Waals surface area contributed by atoms with Crippen LogP contribution >= 0.6 is 0 Å². The summed E-state index contributed by atoms with van der Waals surface area (Å²) in [6, 6.07) is 2.51. The molecule has 3 aromatic rings. The van der Waals surface area contributed by atoms with Crippen LogP contribution in [0, 0.1) is 18.6 Å². The maximum absolute atomic E-state index is 13.8. The number of halogens is 2. The van der Waals surface area contributed by atoms with Gasteiger partial charge in [0.1, 0.15) is 27.9 Å². The van der Waals surface area contributed by atoms with E-state index < -0.39 is 26.4 Å². The monoisotopic (exact) mass is 452 g/mol. The number of nitrogens with zero attached hydrogens (tertiary/aromatic N) is 3. The molecule has 0 atom stereocenters. The van der Waals surface area contributed by atoms with E-state index in [9.17, 15) is 17.2 Å². The number of methoxy groups -OCH3 is 1. The number of rotatable bonds is 10. The number of fused-ring (bicyclic) bond motifs is 1. The van der Waals surface area contributed by atoms with Gasteiger partial charge < -0.3 is 15.0 Å². The molecule has 0 spiro atoms. The molecule has 0 fully saturated rings. The Labute approximate surface area is 180 Å². The summed E-state index contributed by atoms with van der Waals surface area (Å²) >= 11 is 0. The lowest BCUT2D eigenvalue weighted by atomic mass is 10.2. The molecule has 0 radical (unpaired) electrons. The topological polar surface area (TPSA) is 100 Å². The molecule has 0 aliphatic heterocycles. The Kier molecular flexibility index (Phi) is 7.22. The molecule has 0 saturated heterocycles. The van der Waals surface area contributed by atoms with Gasteiger partial charge in [-0.1, -0.05) is 6.42 Å². The van der Waals surface area contributed by atoms with Crippen molar-refractivity contribution in [3.05, 3.63) is 47.4 Å². The molecule has 0 aliphatic rings. The molecule has 0 amide bonds. The van der Waals surface area contributed by atoms with Crippen LogP contribution in [0.5, 0.6) is 0 Å². The maximum atomic E-state index is 13.8. The van der Waals surface area contributed by atoms with Gasteiger partial charge in [-0.3, -0.25) is 0 Å². The summed E-state index contributed by atoms with van der Waals surface area (Å²) in [5.74, 6) is -0.869. The van der Waals surface area contributed by atoms with Crippen molar-refractivity contribution in [1.29, 1.82) is 0 Å². The zero-order valence-electron chi connectivity index (χ0n) is 17.6. The predicted octanol–water partition coefficient (Wildman–Crippen LogP) is 3.43. The maximum Gasteiger partial charge on any atom is 0.181 e. The first-order valence-corrected chi connectivity index (χ1v) is 11.7. The summed E-state index contributed by atoms with van der Waals surface area (Å²) in [5.41, 5.74) is 8.52. The van der Waals surface area contributed by atoms with E-state index in [1.165, 1.54) is 0 Å². The van der Waals surface area contributed by atoms with Crippen molar-refractivity contribution < 1.29 is 21.9 Å². The van der Waals surface area contributed by atoms with E-state index in [2.05, 4.69) is 14.5 Å². The molecule has 0 aliphatic carbocycles. The summed E-state index contributed by atoms with van der Waals surface area (Å²) < 4.78 is 58.9. The highest BCUT2D eigenvalue weighted by Gasteiger charge is 2.20. The molecular formula is C21H26F2N4O3S. The number of imidazole rings is 1. The highest BCUT2D eigenvalue weighted by Crippen LogP contribution is 2.25. The van der Waals surface area contributed by atoms with Gasteiger partial charge in [0.15, 0.2) is 15.7 Å². The van der Waals surface area contributed by atoms with Gasteiger partial charge in [-0.25, -0.2) is 27.2 Å². The standard InChI is InChI=1S/C21H26F2N4O3S/c1-14-13-25-21(24)19-20(14)27(18(26-19)8-10-30-2)9-4-3-5-11-31(28,29)17-7-6-15(22)12-16(17)23/h6-7,12-13H,3-5,8-11H2,1-2H3,(H2,24,25). The number of hydrogen-bond donors (Lipinski definition) is 1. The minimum Gasteiger partial charge on any atom is -0.384 e. The van der Waals surface area contributed by atoms with Crippen LogP contribution in [0.15, 0.2) is 29.3 Å². The quantitative estimate of drug-likeness (QED) is 0.374. The van der Waals surface area contributed by atoms with Gasteiger partial charge in [-0.15, -0.1) is 0 Å². The fourth-order valence-electron chi connectivity index (χ4n) is 3.57. The number of benzene rings is 1. The molecule has 0 saturated carbocycles. The second kappa shape index (κ2) is 9.69. The van der Waals surface area contributed by atoms with Crippen molar-refractivity contribution in [2.45, 2.75) is 44.0 Å². The van der Waals surface area contributed by atoms with Crippen molar-refractivity contribution >= 4 is 26.7 Å². The predicted molar refractivity (Wildman–Crippen MR) is 115 cm³/mol. The summed E-state index contributed by atoms with van der Waals surface area (Å²) in [5, 5.41) is 0. The number of nitrogens with two attached hydrogens (primary N) is 1. The van der Waals surface area contributed by atoms with Crippen molar-refractivity contribution in [2.24, 2.45) is 0 Å². The molecule has 3 rings (SSSR count). The number of aromatic nitrogens is 3. The molecule has 0 bridgehead atoms. The molecular weight excluding hydrogens is 426 g/mol. The smallest absolute Gasteiger partial charge is 0.181 e. The van der Waals surface area contributed by atoms with E-state index in [-0.39, 0.29) is 5.75 Å². The van der Waals surface area contributed by atoms with E-state index in [0.717, 1.165) is 29.0 Å². The van der Waals surface area contributed by atoms with Crippen LogP contribution in [0.3, 0.4) is 0 Å². The highest BCUT2D eigenvalue weighted by molar-refractivity contribution is 7.91. The normalized spacial score (nSPS) is 12.0. The van der Waals surface area contributed by atoms with E-state index in [4.69, 9.17) is 10.5 Å². The number of pyridine rings is 1. The zero-order chi connectivity index (χ0) is 22.6. The molecule has 0 unspecified atom stereocenters. The third-order valence-corrected chi connectivity index (χ3v) is 6.94. The highest BCUT2D eigenvalue weighted by atomic mass is 32.2. The first-order valence-electron chi connectivity index (χ1n) is 10.0. The van der Waals surface area contributed by atoms with Gasteiger partial charge in [-0.2, -0.15) is 0 Å². The van der Waals surface area contributed by atoms with Crippen molar-refractivity contribution in [3.63, 3.8) is 0 Å². The third kappa shape index (κ3) is 5.19. The van der Waals surface area contributed by atoms with Crippen LogP contribution in [0.25, 0.3) is 11.0 Å². The average molecular weight is 453 g/mol.